The number of hydrogen-bond acceptors (Lipinski definition) is 7. The average molecular weight is 399 g/mol. The molecule has 0 atom stereocenters. The van der Waals surface area contributed by atoms with Gasteiger partial charge in [0.15, 0.2) is 5.65 Å². The first kappa shape index (κ1) is 18.3. The molecular weight excluding hydrogens is 378 g/mol. The molecule has 0 fully saturated rings. The van der Waals surface area contributed by atoms with Gasteiger partial charge in [0.2, 0.25) is 5.95 Å². The summed E-state index contributed by atoms with van der Waals surface area (Å²) in [6.07, 6.45) is 2.65. The molecule has 2 aromatic carbocycles. The van der Waals surface area contributed by atoms with Gasteiger partial charge >= 0.3 is 5.69 Å². The van der Waals surface area contributed by atoms with Crippen LogP contribution in [0.5, 0.6) is 0 Å². The minimum absolute atomic E-state index is 0.263. The second-order valence-electron chi connectivity index (χ2n) is 7.48. The zero-order valence-electron chi connectivity index (χ0n) is 16.5. The van der Waals surface area contributed by atoms with Crippen LogP contribution < -0.4 is 16.7 Å². The Morgan fingerprint density at radius 3 is 2.73 bits per heavy atom. The van der Waals surface area contributed by atoms with Gasteiger partial charge in [-0.2, -0.15) is 9.97 Å². The Balaban J connectivity index is 1.50. The number of nitrogens with zero attached hydrogens (tertiary/aromatic N) is 5. The SMILES string of the molecule is CN1CCc2ccc(Nc3ncc4c(N)n(-c5ccccc5)c(=O)nc4n3)cc2C1. The van der Waals surface area contributed by atoms with E-state index in [9.17, 15) is 4.79 Å². The maximum atomic E-state index is 12.6. The van der Waals surface area contributed by atoms with Gasteiger partial charge in [-0.1, -0.05) is 24.3 Å². The van der Waals surface area contributed by atoms with Crippen molar-refractivity contribution in [2.45, 2.75) is 13.0 Å². The highest BCUT2D eigenvalue weighted by Gasteiger charge is 2.15. The first-order valence-corrected chi connectivity index (χ1v) is 9.76. The fourth-order valence-corrected chi connectivity index (χ4v) is 3.79. The fourth-order valence-electron chi connectivity index (χ4n) is 3.79. The topological polar surface area (TPSA) is 102 Å². The number of aromatic nitrogens is 4. The summed E-state index contributed by atoms with van der Waals surface area (Å²) in [6, 6.07) is 15.4. The van der Waals surface area contributed by atoms with Gasteiger partial charge in [0.25, 0.3) is 0 Å². The summed E-state index contributed by atoms with van der Waals surface area (Å²) in [4.78, 5) is 27.8. The number of nitrogen functional groups attached to an aromatic ring is 1. The zero-order chi connectivity index (χ0) is 20.7. The van der Waals surface area contributed by atoms with Gasteiger partial charge in [0.05, 0.1) is 11.1 Å². The zero-order valence-corrected chi connectivity index (χ0v) is 16.5. The van der Waals surface area contributed by atoms with Gasteiger partial charge in [-0.3, -0.25) is 0 Å². The van der Waals surface area contributed by atoms with Crippen LogP contribution in [0, 0.1) is 0 Å². The van der Waals surface area contributed by atoms with Gasteiger partial charge in [-0.15, -0.1) is 0 Å². The third-order valence-corrected chi connectivity index (χ3v) is 5.36. The Hall–Kier alpha value is -3.78. The summed E-state index contributed by atoms with van der Waals surface area (Å²) in [6.45, 7) is 1.99. The number of likely N-dealkylation sites (N-methyl/N-ethyl adjacent to an activating group) is 1. The summed E-state index contributed by atoms with van der Waals surface area (Å²) < 4.78 is 1.36. The Labute approximate surface area is 173 Å². The molecule has 0 spiro atoms. The molecule has 0 saturated carbocycles. The molecule has 30 heavy (non-hydrogen) atoms. The molecule has 3 heterocycles. The molecule has 1 aliphatic rings. The van der Waals surface area contributed by atoms with Gasteiger partial charge in [0.1, 0.15) is 5.82 Å². The van der Waals surface area contributed by atoms with Crippen LogP contribution in [0.1, 0.15) is 11.1 Å². The standard InChI is InChI=1S/C22H21N7O/c1-28-10-9-14-7-8-16(11-15(14)13-28)25-21-24-12-18-19(23)29(17-5-3-2-4-6-17)22(30)27-20(18)26-21/h2-8,11-12H,9-10,13,23H2,1H3,(H,25,26,27,30). The lowest BCUT2D eigenvalue weighted by Crippen LogP contribution is -2.26. The first-order chi connectivity index (χ1) is 14.6. The van der Waals surface area contributed by atoms with Crippen molar-refractivity contribution in [2.75, 3.05) is 24.6 Å². The first-order valence-electron chi connectivity index (χ1n) is 9.76. The Morgan fingerprint density at radius 1 is 1.07 bits per heavy atom. The minimum Gasteiger partial charge on any atom is -0.384 e. The van der Waals surface area contributed by atoms with E-state index in [-0.39, 0.29) is 11.5 Å². The van der Waals surface area contributed by atoms with Crippen molar-refractivity contribution in [3.8, 4) is 5.69 Å². The van der Waals surface area contributed by atoms with Gasteiger partial charge in [-0.25, -0.2) is 14.3 Å². The predicted octanol–water partition coefficient (Wildman–Crippen LogP) is 2.49. The third kappa shape index (κ3) is 3.27. The number of fused-ring (bicyclic) bond motifs is 2. The van der Waals surface area contributed by atoms with E-state index in [1.165, 1.54) is 15.7 Å². The molecule has 0 aliphatic carbocycles. The highest BCUT2D eigenvalue weighted by Crippen LogP contribution is 2.24. The van der Waals surface area contributed by atoms with Crippen molar-refractivity contribution in [1.29, 1.82) is 0 Å². The molecule has 3 N–H and O–H groups in total. The van der Waals surface area contributed by atoms with Crippen molar-refractivity contribution in [3.63, 3.8) is 0 Å². The predicted molar refractivity (Wildman–Crippen MR) is 117 cm³/mol. The van der Waals surface area contributed by atoms with E-state index in [1.807, 2.05) is 24.3 Å². The van der Waals surface area contributed by atoms with E-state index in [2.05, 4.69) is 44.3 Å². The van der Waals surface area contributed by atoms with Crippen molar-refractivity contribution < 1.29 is 0 Å². The lowest BCUT2D eigenvalue weighted by molar-refractivity contribution is 0.313. The van der Waals surface area contributed by atoms with Crippen molar-refractivity contribution in [1.82, 2.24) is 24.4 Å². The molecule has 0 unspecified atom stereocenters. The summed E-state index contributed by atoms with van der Waals surface area (Å²) in [5, 5.41) is 3.74. The van der Waals surface area contributed by atoms with Gasteiger partial charge in [-0.05, 0) is 48.9 Å². The van der Waals surface area contributed by atoms with Crippen molar-refractivity contribution >= 4 is 28.5 Å². The molecule has 0 radical (unpaired) electrons. The number of hydrogen-bond donors (Lipinski definition) is 2. The Kier molecular flexibility index (Phi) is 4.40. The molecule has 8 heteroatoms. The van der Waals surface area contributed by atoms with Crippen molar-refractivity contribution in [2.24, 2.45) is 0 Å². The molecule has 0 saturated heterocycles. The quantitative estimate of drug-likeness (QED) is 0.546. The lowest BCUT2D eigenvalue weighted by Gasteiger charge is -2.25. The summed E-state index contributed by atoms with van der Waals surface area (Å²) in [7, 11) is 2.12. The fraction of sp³-hybridized carbons (Fsp3) is 0.182. The summed E-state index contributed by atoms with van der Waals surface area (Å²) in [5.74, 6) is 0.634. The van der Waals surface area contributed by atoms with Crippen LogP contribution in [0.25, 0.3) is 16.7 Å². The summed E-state index contributed by atoms with van der Waals surface area (Å²) in [5.41, 5.74) is 10.3. The Bertz CT molecular complexity index is 1300. The van der Waals surface area contributed by atoms with Crippen LogP contribution in [-0.4, -0.2) is 38.0 Å². The number of rotatable bonds is 3. The third-order valence-electron chi connectivity index (χ3n) is 5.36. The molecule has 1 aliphatic heterocycles. The van der Waals surface area contributed by atoms with Gasteiger partial charge in [0, 0.05) is 25.0 Å². The number of para-hydroxylation sites is 1. The largest absolute Gasteiger partial charge is 0.384 e. The molecule has 0 bridgehead atoms. The van der Waals surface area contributed by atoms with Crippen LogP contribution in [0.3, 0.4) is 0 Å². The molecule has 8 nitrogen and oxygen atoms in total. The highest BCUT2D eigenvalue weighted by atomic mass is 16.1. The van der Waals surface area contributed by atoms with E-state index in [4.69, 9.17) is 5.73 Å². The van der Waals surface area contributed by atoms with Crippen molar-refractivity contribution in [3.05, 3.63) is 76.3 Å². The van der Waals surface area contributed by atoms with E-state index in [0.29, 0.717) is 17.0 Å². The molecular formula is C22H21N7O. The number of anilines is 3. The van der Waals surface area contributed by atoms with Crippen LogP contribution in [-0.2, 0) is 13.0 Å². The number of benzene rings is 2. The molecule has 150 valence electrons. The molecule has 2 aromatic heterocycles. The molecule has 5 rings (SSSR count). The van der Waals surface area contributed by atoms with E-state index < -0.39 is 5.69 Å². The lowest BCUT2D eigenvalue weighted by atomic mass is 9.99. The molecule has 4 aromatic rings. The maximum absolute atomic E-state index is 12.6. The number of nitrogens with one attached hydrogen (secondary N) is 1. The van der Waals surface area contributed by atoms with E-state index >= 15 is 0 Å². The normalized spacial score (nSPS) is 13.9. The second-order valence-corrected chi connectivity index (χ2v) is 7.48. The highest BCUT2D eigenvalue weighted by molar-refractivity contribution is 5.86. The maximum Gasteiger partial charge on any atom is 0.355 e. The van der Waals surface area contributed by atoms with Crippen LogP contribution in [0.2, 0.25) is 0 Å². The Morgan fingerprint density at radius 2 is 1.90 bits per heavy atom. The van der Waals surface area contributed by atoms with E-state index in [0.717, 1.165) is 25.2 Å². The van der Waals surface area contributed by atoms with Crippen LogP contribution in [0.4, 0.5) is 17.5 Å². The van der Waals surface area contributed by atoms with E-state index in [1.54, 1.807) is 18.3 Å². The smallest absolute Gasteiger partial charge is 0.355 e. The summed E-state index contributed by atoms with van der Waals surface area (Å²) >= 11 is 0. The van der Waals surface area contributed by atoms with Crippen LogP contribution in [0.15, 0.2) is 59.5 Å². The second kappa shape index (κ2) is 7.23. The average Bonchev–Trinajstić information content (AvgIpc) is 2.74. The monoisotopic (exact) mass is 399 g/mol. The molecule has 0 amide bonds. The van der Waals surface area contributed by atoms with Crippen LogP contribution >= 0.6 is 0 Å². The number of nitrogens with two attached hydrogens (primary N) is 1. The minimum atomic E-state index is -0.479. The van der Waals surface area contributed by atoms with Gasteiger partial charge < -0.3 is 16.0 Å².